The summed E-state index contributed by atoms with van der Waals surface area (Å²) in [5.74, 6) is 0.576. The van der Waals surface area contributed by atoms with Gasteiger partial charge in [-0.05, 0) is 46.3 Å². The highest BCUT2D eigenvalue weighted by Crippen LogP contribution is 2.33. The molecule has 0 bridgehead atoms. The fraction of sp³-hybridized carbons (Fsp3) is 0. The topological polar surface area (TPSA) is 94.9 Å². The summed E-state index contributed by atoms with van der Waals surface area (Å²) >= 11 is 3.32. The highest BCUT2D eigenvalue weighted by Gasteiger charge is 2.24. The predicted molar refractivity (Wildman–Crippen MR) is 106 cm³/mol. The fourth-order valence-electron chi connectivity index (χ4n) is 2.64. The fourth-order valence-corrected chi connectivity index (χ4v) is 3.20. The van der Waals surface area contributed by atoms with Gasteiger partial charge in [-0.15, -0.1) is 0 Å². The van der Waals surface area contributed by atoms with Crippen LogP contribution < -0.4 is 0 Å². The van der Waals surface area contributed by atoms with Crippen LogP contribution in [0.1, 0.15) is 11.3 Å². The first-order valence-electron chi connectivity index (χ1n) is 8.13. The molecule has 0 fully saturated rings. The molecule has 2 aromatic carbocycles. The van der Waals surface area contributed by atoms with Crippen LogP contribution in [0.4, 0.5) is 5.69 Å². The van der Waals surface area contributed by atoms with Crippen LogP contribution in [0.3, 0.4) is 0 Å². The smallest absolute Gasteiger partial charge is 0.363 e. The summed E-state index contributed by atoms with van der Waals surface area (Å²) in [5.41, 5.74) is 1.45. The van der Waals surface area contributed by atoms with Gasteiger partial charge in [0.2, 0.25) is 5.90 Å². The van der Waals surface area contributed by atoms with Crippen molar-refractivity contribution in [3.05, 3.63) is 92.3 Å². The Morgan fingerprint density at radius 3 is 2.57 bits per heavy atom. The number of non-ortho nitro benzene ring substituents is 1. The van der Waals surface area contributed by atoms with Crippen molar-refractivity contribution in [2.75, 3.05) is 0 Å². The zero-order chi connectivity index (χ0) is 19.7. The summed E-state index contributed by atoms with van der Waals surface area (Å²) in [7, 11) is 0. The van der Waals surface area contributed by atoms with E-state index < -0.39 is 10.9 Å². The molecule has 138 valence electrons. The number of benzene rings is 2. The van der Waals surface area contributed by atoms with Gasteiger partial charge < -0.3 is 9.15 Å². The van der Waals surface area contributed by atoms with Crippen LogP contribution in [0.15, 0.2) is 80.2 Å². The molecule has 1 aliphatic heterocycles. The number of carbonyl (C=O) groups is 1. The van der Waals surface area contributed by atoms with Crippen LogP contribution in [0.5, 0.6) is 0 Å². The van der Waals surface area contributed by atoms with Crippen LogP contribution in [0, 0.1) is 10.1 Å². The molecular weight excluding hydrogens is 428 g/mol. The van der Waals surface area contributed by atoms with E-state index in [9.17, 15) is 14.9 Å². The van der Waals surface area contributed by atoms with E-state index in [4.69, 9.17) is 9.15 Å². The van der Waals surface area contributed by atoms with E-state index in [-0.39, 0.29) is 17.3 Å². The van der Waals surface area contributed by atoms with E-state index >= 15 is 0 Å². The lowest BCUT2D eigenvalue weighted by Crippen LogP contribution is -2.04. The maximum absolute atomic E-state index is 12.1. The molecule has 7 nitrogen and oxygen atoms in total. The van der Waals surface area contributed by atoms with Gasteiger partial charge in [-0.3, -0.25) is 10.1 Å². The Labute approximate surface area is 167 Å². The van der Waals surface area contributed by atoms with Crippen LogP contribution in [-0.2, 0) is 9.53 Å². The number of ether oxygens (including phenoxy) is 1. The van der Waals surface area contributed by atoms with Crippen LogP contribution >= 0.6 is 15.9 Å². The second-order valence-electron chi connectivity index (χ2n) is 5.83. The van der Waals surface area contributed by atoms with Crippen molar-refractivity contribution >= 4 is 39.6 Å². The zero-order valence-corrected chi connectivity index (χ0v) is 15.8. The molecule has 0 amide bonds. The lowest BCUT2D eigenvalue weighted by Gasteiger charge is -2.00. The summed E-state index contributed by atoms with van der Waals surface area (Å²) in [6, 6.07) is 16.9. The normalized spacial score (nSPS) is 14.8. The van der Waals surface area contributed by atoms with Gasteiger partial charge in [0.25, 0.3) is 5.69 Å². The minimum absolute atomic E-state index is 0.0268. The minimum atomic E-state index is -0.562. The minimum Gasteiger partial charge on any atom is -0.457 e. The summed E-state index contributed by atoms with van der Waals surface area (Å²) in [6.45, 7) is 0. The third-order valence-corrected chi connectivity index (χ3v) is 4.63. The number of nitro groups is 1. The van der Waals surface area contributed by atoms with Crippen LogP contribution in [-0.4, -0.2) is 16.8 Å². The molecule has 0 saturated carbocycles. The van der Waals surface area contributed by atoms with E-state index in [0.29, 0.717) is 27.1 Å². The molecule has 0 radical (unpaired) electrons. The number of rotatable bonds is 4. The summed E-state index contributed by atoms with van der Waals surface area (Å²) in [5, 5.41) is 10.9. The van der Waals surface area contributed by atoms with Crippen molar-refractivity contribution in [2.24, 2.45) is 4.99 Å². The Morgan fingerprint density at radius 1 is 1.07 bits per heavy atom. The first-order valence-corrected chi connectivity index (χ1v) is 8.93. The molecule has 28 heavy (non-hydrogen) atoms. The Morgan fingerprint density at radius 2 is 1.86 bits per heavy atom. The summed E-state index contributed by atoms with van der Waals surface area (Å²) in [6.07, 6.45) is 1.49. The summed E-state index contributed by atoms with van der Waals surface area (Å²) in [4.78, 5) is 26.7. The molecule has 1 aliphatic rings. The van der Waals surface area contributed by atoms with Gasteiger partial charge in [0.05, 0.1) is 4.92 Å². The lowest BCUT2D eigenvalue weighted by molar-refractivity contribution is -0.384. The number of nitro benzene ring substituents is 1. The second-order valence-corrected chi connectivity index (χ2v) is 6.68. The van der Waals surface area contributed by atoms with E-state index in [1.807, 2.05) is 18.2 Å². The maximum Gasteiger partial charge on any atom is 0.363 e. The van der Waals surface area contributed by atoms with Crippen LogP contribution in [0.25, 0.3) is 17.4 Å². The number of nitrogens with zero attached hydrogens (tertiary/aromatic N) is 2. The summed E-state index contributed by atoms with van der Waals surface area (Å²) < 4.78 is 11.5. The first-order chi connectivity index (χ1) is 13.5. The Hall–Kier alpha value is -3.52. The number of hydrogen-bond donors (Lipinski definition) is 0. The molecular formula is C20H11BrN2O5. The third kappa shape index (κ3) is 3.49. The molecule has 0 saturated heterocycles. The van der Waals surface area contributed by atoms with Crippen molar-refractivity contribution in [3.63, 3.8) is 0 Å². The van der Waals surface area contributed by atoms with E-state index in [2.05, 4.69) is 20.9 Å². The molecule has 1 aromatic heterocycles. The molecule has 0 spiro atoms. The number of cyclic esters (lactones) is 1. The lowest BCUT2D eigenvalue weighted by atomic mass is 10.1. The van der Waals surface area contributed by atoms with Gasteiger partial charge in [-0.2, -0.15) is 0 Å². The molecule has 3 aromatic rings. The predicted octanol–water partition coefficient (Wildman–Crippen LogP) is 4.96. The van der Waals surface area contributed by atoms with Crippen molar-refractivity contribution in [2.45, 2.75) is 0 Å². The van der Waals surface area contributed by atoms with Gasteiger partial charge in [-0.25, -0.2) is 9.79 Å². The van der Waals surface area contributed by atoms with Crippen LogP contribution in [0.2, 0.25) is 0 Å². The van der Waals surface area contributed by atoms with Gasteiger partial charge >= 0.3 is 5.97 Å². The van der Waals surface area contributed by atoms with Gasteiger partial charge in [0.15, 0.2) is 5.70 Å². The second kappa shape index (κ2) is 7.24. The van der Waals surface area contributed by atoms with Gasteiger partial charge in [-0.1, -0.05) is 18.2 Å². The molecule has 2 heterocycles. The highest BCUT2D eigenvalue weighted by atomic mass is 79.9. The first kappa shape index (κ1) is 17.9. The van der Waals surface area contributed by atoms with E-state index in [1.165, 1.54) is 18.2 Å². The Bertz CT molecular complexity index is 1150. The molecule has 0 atom stereocenters. The number of esters is 1. The number of aliphatic imine (C=N–C) groups is 1. The quantitative estimate of drug-likeness (QED) is 0.248. The Balaban J connectivity index is 1.62. The SMILES string of the molecule is O=C1OC(c2ccccc2)=N/C1=C\c1ccc(-c2ccc([N+](=O)[O-])cc2Br)o1. The monoisotopic (exact) mass is 438 g/mol. The van der Waals surface area contributed by atoms with Crippen molar-refractivity contribution in [1.29, 1.82) is 0 Å². The number of halogens is 1. The van der Waals surface area contributed by atoms with Crippen molar-refractivity contribution < 1.29 is 18.9 Å². The van der Waals surface area contributed by atoms with E-state index in [0.717, 1.165) is 0 Å². The van der Waals surface area contributed by atoms with Gasteiger partial charge in [0, 0.05) is 33.8 Å². The van der Waals surface area contributed by atoms with Crippen molar-refractivity contribution in [3.8, 4) is 11.3 Å². The third-order valence-electron chi connectivity index (χ3n) is 3.98. The van der Waals surface area contributed by atoms with Gasteiger partial charge in [0.1, 0.15) is 11.5 Å². The van der Waals surface area contributed by atoms with Crippen molar-refractivity contribution in [1.82, 2.24) is 0 Å². The largest absolute Gasteiger partial charge is 0.457 e. The van der Waals surface area contributed by atoms with E-state index in [1.54, 1.807) is 30.3 Å². The standard InChI is InChI=1S/C20H11BrN2O5/c21-16-10-13(23(25)26)6-8-15(16)18-9-7-14(27-18)11-17-20(24)28-19(22-17)12-4-2-1-3-5-12/h1-11H/b17-11-. The number of carbonyl (C=O) groups excluding carboxylic acids is 1. The Kier molecular flexibility index (Phi) is 4.62. The molecule has 0 unspecified atom stereocenters. The average molecular weight is 439 g/mol. The molecule has 0 aliphatic carbocycles. The maximum atomic E-state index is 12.1. The highest BCUT2D eigenvalue weighted by molar-refractivity contribution is 9.10. The molecule has 8 heteroatoms. The average Bonchev–Trinajstić information content (AvgIpc) is 3.30. The molecule has 4 rings (SSSR count). The molecule has 0 N–H and O–H groups in total. The number of furan rings is 1. The number of hydrogen-bond acceptors (Lipinski definition) is 6. The zero-order valence-electron chi connectivity index (χ0n) is 14.2.